The Morgan fingerprint density at radius 1 is 0.525 bits per heavy atom. The van der Waals surface area contributed by atoms with Gasteiger partial charge < -0.3 is 18.9 Å². The number of nitrogens with zero attached hydrogens (tertiary/aromatic N) is 1. The van der Waals surface area contributed by atoms with Gasteiger partial charge in [-0.2, -0.15) is 0 Å². The van der Waals surface area contributed by atoms with Gasteiger partial charge in [-0.1, -0.05) is 184 Å². The lowest BCUT2D eigenvalue weighted by Gasteiger charge is -2.24. The molecule has 0 aromatic carbocycles. The van der Waals surface area contributed by atoms with Crippen LogP contribution in [0.5, 0.6) is 0 Å². The van der Waals surface area contributed by atoms with Crippen molar-refractivity contribution < 1.29 is 37.3 Å². The zero-order valence-electron chi connectivity index (χ0n) is 40.4. The molecule has 0 radical (unpaired) electrons. The summed E-state index contributed by atoms with van der Waals surface area (Å²) in [5.41, 5.74) is 0. The Kier molecular flexibility index (Phi) is 43.5. The zero-order chi connectivity index (χ0) is 44.8. The Morgan fingerprint density at radius 2 is 0.951 bits per heavy atom. The minimum atomic E-state index is -4.28. The Hall–Kier alpha value is -1.80. The predicted molar refractivity (Wildman–Crippen MR) is 261 cm³/mol. The van der Waals surface area contributed by atoms with Crippen molar-refractivity contribution in [3.8, 4) is 0 Å². The van der Waals surface area contributed by atoms with Crippen LogP contribution < -0.4 is 0 Å². The topological polar surface area (TPSA) is 91.3 Å². The van der Waals surface area contributed by atoms with Crippen molar-refractivity contribution in [1.82, 2.24) is 0 Å². The van der Waals surface area contributed by atoms with Crippen LogP contribution in [0.1, 0.15) is 206 Å². The molecule has 2 atom stereocenters. The molecule has 8 nitrogen and oxygen atoms in total. The highest BCUT2D eigenvalue weighted by Gasteiger charge is 2.26. The summed E-state index contributed by atoms with van der Waals surface area (Å²) in [6, 6.07) is 0. The van der Waals surface area contributed by atoms with E-state index in [0.717, 1.165) is 64.2 Å². The number of quaternary nitrogens is 1. The molecular weight excluding hydrogens is 782 g/mol. The largest absolute Gasteiger partial charge is 0.472 e. The second-order valence-electron chi connectivity index (χ2n) is 17.8. The standard InChI is InChI=1S/C52H96NO7P/c1-6-8-10-12-14-16-18-20-22-24-26-27-28-29-31-33-35-37-39-41-43-45-52(54)60-51(50-59-61(55,56)58-48-46-53(3,4)5)49-57-47-44-42-40-38-36-34-32-30-25-23-21-19-17-15-13-11-9-7-2/h8,10,14,16,20-23,26-27,51H,6-7,9,11-13,15,17-19,24-25,28-50H2,1-5H3/p+1/b10-8-,16-14-,22-20-,23-21-,27-26-. The van der Waals surface area contributed by atoms with E-state index in [0.29, 0.717) is 24.1 Å². The monoisotopic (exact) mass is 879 g/mol. The van der Waals surface area contributed by atoms with Gasteiger partial charge in [0.2, 0.25) is 0 Å². The van der Waals surface area contributed by atoms with Crippen molar-refractivity contribution >= 4 is 13.8 Å². The van der Waals surface area contributed by atoms with Gasteiger partial charge in [-0.3, -0.25) is 13.8 Å². The summed E-state index contributed by atoms with van der Waals surface area (Å²) in [6.45, 7) is 5.50. The molecular formula is C52H97NO7P+. The molecule has 0 amide bonds. The quantitative estimate of drug-likeness (QED) is 0.0214. The third-order valence-electron chi connectivity index (χ3n) is 10.6. The summed E-state index contributed by atoms with van der Waals surface area (Å²) in [7, 11) is 1.66. The van der Waals surface area contributed by atoms with Crippen LogP contribution in [-0.4, -0.2) is 75.6 Å². The molecule has 1 N–H and O–H groups in total. The first-order valence-electron chi connectivity index (χ1n) is 25.0. The number of unbranched alkanes of at least 4 members (excludes halogenated alkanes) is 22. The molecule has 0 saturated heterocycles. The molecule has 0 aromatic heterocycles. The maximum Gasteiger partial charge on any atom is 0.472 e. The molecule has 0 bridgehead atoms. The van der Waals surface area contributed by atoms with Crippen molar-refractivity contribution in [3.05, 3.63) is 60.8 Å². The number of phosphoric acid groups is 1. The maximum absolute atomic E-state index is 12.8. The Labute approximate surface area is 377 Å². The molecule has 0 spiro atoms. The molecule has 356 valence electrons. The van der Waals surface area contributed by atoms with Crippen LogP contribution >= 0.6 is 7.82 Å². The minimum Gasteiger partial charge on any atom is -0.457 e. The van der Waals surface area contributed by atoms with Gasteiger partial charge in [0.15, 0.2) is 0 Å². The fourth-order valence-electron chi connectivity index (χ4n) is 6.72. The fourth-order valence-corrected chi connectivity index (χ4v) is 7.46. The number of phosphoric ester groups is 1. The molecule has 0 aromatic rings. The van der Waals surface area contributed by atoms with Crippen LogP contribution in [0.4, 0.5) is 0 Å². The van der Waals surface area contributed by atoms with Crippen LogP contribution in [0, 0.1) is 0 Å². The molecule has 0 fully saturated rings. The number of esters is 1. The van der Waals surface area contributed by atoms with Crippen molar-refractivity contribution in [1.29, 1.82) is 0 Å². The van der Waals surface area contributed by atoms with E-state index >= 15 is 0 Å². The van der Waals surface area contributed by atoms with Crippen LogP contribution in [0.25, 0.3) is 0 Å². The molecule has 2 unspecified atom stereocenters. The molecule has 9 heteroatoms. The lowest BCUT2D eigenvalue weighted by Crippen LogP contribution is -2.37. The van der Waals surface area contributed by atoms with E-state index in [4.69, 9.17) is 18.5 Å². The van der Waals surface area contributed by atoms with Crippen LogP contribution in [-0.2, 0) is 27.9 Å². The maximum atomic E-state index is 12.8. The minimum absolute atomic E-state index is 0.0843. The van der Waals surface area contributed by atoms with E-state index in [2.05, 4.69) is 74.6 Å². The first-order chi connectivity index (χ1) is 29.6. The molecule has 0 saturated carbocycles. The zero-order valence-corrected chi connectivity index (χ0v) is 41.3. The lowest BCUT2D eigenvalue weighted by atomic mass is 10.1. The Bertz CT molecular complexity index is 1160. The fraction of sp³-hybridized carbons (Fsp3) is 0.788. The van der Waals surface area contributed by atoms with E-state index in [1.165, 1.54) is 122 Å². The van der Waals surface area contributed by atoms with Gasteiger partial charge >= 0.3 is 13.8 Å². The van der Waals surface area contributed by atoms with Gasteiger partial charge in [0, 0.05) is 13.0 Å². The van der Waals surface area contributed by atoms with Crippen LogP contribution in [0.3, 0.4) is 0 Å². The van der Waals surface area contributed by atoms with Crippen molar-refractivity contribution in [2.24, 2.45) is 0 Å². The summed E-state index contributed by atoms with van der Waals surface area (Å²) >= 11 is 0. The molecule has 0 aliphatic heterocycles. The molecule has 61 heavy (non-hydrogen) atoms. The highest BCUT2D eigenvalue weighted by molar-refractivity contribution is 7.47. The smallest absolute Gasteiger partial charge is 0.457 e. The summed E-state index contributed by atoms with van der Waals surface area (Å²) in [5, 5.41) is 0. The highest BCUT2D eigenvalue weighted by atomic mass is 31.2. The van der Waals surface area contributed by atoms with E-state index in [9.17, 15) is 14.3 Å². The average molecular weight is 879 g/mol. The number of hydrogen-bond acceptors (Lipinski definition) is 6. The first kappa shape index (κ1) is 59.2. The third kappa shape index (κ3) is 49.1. The summed E-state index contributed by atoms with van der Waals surface area (Å²) in [6.07, 6.45) is 56.9. The predicted octanol–water partition coefficient (Wildman–Crippen LogP) is 15.3. The Morgan fingerprint density at radius 3 is 1.44 bits per heavy atom. The molecule has 0 heterocycles. The van der Waals surface area contributed by atoms with Crippen LogP contribution in [0.15, 0.2) is 60.8 Å². The number of allylic oxidation sites excluding steroid dienone is 10. The first-order valence-corrected chi connectivity index (χ1v) is 26.5. The normalized spacial score (nSPS) is 14.1. The second kappa shape index (κ2) is 44.8. The summed E-state index contributed by atoms with van der Waals surface area (Å²) in [4.78, 5) is 23.0. The van der Waals surface area contributed by atoms with E-state index in [1.807, 2.05) is 21.1 Å². The lowest BCUT2D eigenvalue weighted by molar-refractivity contribution is -0.870. The van der Waals surface area contributed by atoms with Crippen molar-refractivity contribution in [2.75, 3.05) is 54.1 Å². The SMILES string of the molecule is CC/C=C\C/C=C\C/C=C\C/C=C\CCCCCCCCCCC(=O)OC(COCCCCCCCCCC/C=C\CCCCCCCC)COP(=O)(O)OCC[N+](C)(C)C. The third-order valence-corrected chi connectivity index (χ3v) is 11.5. The van der Waals surface area contributed by atoms with E-state index < -0.39 is 13.9 Å². The molecule has 0 aliphatic rings. The van der Waals surface area contributed by atoms with Gasteiger partial charge in [0.05, 0.1) is 34.4 Å². The highest BCUT2D eigenvalue weighted by Crippen LogP contribution is 2.43. The number of carbonyl (C=O) groups excluding carboxylic acids is 1. The van der Waals surface area contributed by atoms with Crippen molar-refractivity contribution in [2.45, 2.75) is 213 Å². The van der Waals surface area contributed by atoms with Crippen molar-refractivity contribution in [3.63, 3.8) is 0 Å². The van der Waals surface area contributed by atoms with Crippen LogP contribution in [0.2, 0.25) is 0 Å². The number of ether oxygens (including phenoxy) is 2. The van der Waals surface area contributed by atoms with Gasteiger partial charge in [-0.25, -0.2) is 4.57 Å². The number of likely N-dealkylation sites (N-methyl/N-ethyl adjacent to an activating group) is 1. The summed E-state index contributed by atoms with van der Waals surface area (Å²) in [5.74, 6) is -0.323. The number of carbonyl (C=O) groups is 1. The molecule has 0 aliphatic carbocycles. The van der Waals surface area contributed by atoms with Gasteiger partial charge in [-0.05, 0) is 77.0 Å². The average Bonchev–Trinajstić information content (AvgIpc) is 3.22. The van der Waals surface area contributed by atoms with Gasteiger partial charge in [0.1, 0.15) is 19.3 Å². The van der Waals surface area contributed by atoms with E-state index in [-0.39, 0.29) is 25.8 Å². The molecule has 0 rings (SSSR count). The second-order valence-corrected chi connectivity index (χ2v) is 19.3. The Balaban J connectivity index is 4.19. The van der Waals surface area contributed by atoms with Gasteiger partial charge in [-0.15, -0.1) is 0 Å². The van der Waals surface area contributed by atoms with E-state index in [1.54, 1.807) is 0 Å². The number of hydrogen-bond donors (Lipinski definition) is 1. The van der Waals surface area contributed by atoms with Gasteiger partial charge in [0.25, 0.3) is 0 Å². The summed E-state index contributed by atoms with van der Waals surface area (Å²) < 4.78 is 35.1. The number of rotatable bonds is 46.